The highest BCUT2D eigenvalue weighted by Crippen LogP contribution is 2.61. The second-order valence-electron chi connectivity index (χ2n) is 10.5. The average molecular weight is 509 g/mol. The van der Waals surface area contributed by atoms with Crippen LogP contribution in [-0.4, -0.2) is 41.2 Å². The number of para-hydroxylation sites is 1. The number of likely N-dealkylation sites (tertiary alicyclic amines) is 1. The van der Waals surface area contributed by atoms with Crippen molar-refractivity contribution in [2.45, 2.75) is 31.7 Å². The number of rotatable bonds is 6. The zero-order chi connectivity index (χ0) is 26.6. The molecule has 1 saturated heterocycles. The lowest BCUT2D eigenvalue weighted by atomic mass is 9.55. The molecule has 4 aliphatic rings. The van der Waals surface area contributed by atoms with Gasteiger partial charge in [0.15, 0.2) is 6.61 Å². The van der Waals surface area contributed by atoms with Gasteiger partial charge in [0, 0.05) is 17.5 Å². The first kappa shape index (κ1) is 24.1. The highest BCUT2D eigenvalue weighted by atomic mass is 16.5. The number of imide groups is 1. The maximum atomic E-state index is 14.0. The van der Waals surface area contributed by atoms with E-state index in [1.54, 1.807) is 38.1 Å². The highest BCUT2D eigenvalue weighted by Gasteiger charge is 2.63. The molecule has 3 amide bonds. The summed E-state index contributed by atoms with van der Waals surface area (Å²) >= 11 is 0. The number of carbonyl (C=O) groups is 4. The van der Waals surface area contributed by atoms with Crippen LogP contribution in [0.1, 0.15) is 47.9 Å². The van der Waals surface area contributed by atoms with Gasteiger partial charge in [-0.3, -0.25) is 19.3 Å². The normalized spacial score (nSPS) is 23.5. The molecule has 0 saturated carbocycles. The molecule has 0 aromatic heterocycles. The van der Waals surface area contributed by atoms with E-state index in [4.69, 9.17) is 4.74 Å². The van der Waals surface area contributed by atoms with Gasteiger partial charge < -0.3 is 10.1 Å². The molecule has 0 radical (unpaired) electrons. The Hall–Kier alpha value is -4.26. The van der Waals surface area contributed by atoms with Gasteiger partial charge in [-0.15, -0.1) is 0 Å². The van der Waals surface area contributed by atoms with Crippen LogP contribution < -0.4 is 5.32 Å². The minimum absolute atomic E-state index is 0.251. The highest BCUT2D eigenvalue weighted by molar-refractivity contribution is 6.10. The minimum atomic E-state index is -1.12. The number of anilines is 1. The fourth-order valence-electron chi connectivity index (χ4n) is 6.59. The summed E-state index contributed by atoms with van der Waals surface area (Å²) in [6, 6.07) is 23.7. The van der Waals surface area contributed by atoms with Crippen LogP contribution in [0.2, 0.25) is 0 Å². The Morgan fingerprint density at radius 3 is 1.66 bits per heavy atom. The van der Waals surface area contributed by atoms with E-state index in [2.05, 4.69) is 5.32 Å². The van der Waals surface area contributed by atoms with Gasteiger partial charge >= 0.3 is 5.97 Å². The van der Waals surface area contributed by atoms with Crippen LogP contribution in [0.4, 0.5) is 5.69 Å². The Morgan fingerprint density at radius 1 is 0.763 bits per heavy atom. The lowest BCUT2D eigenvalue weighted by Crippen LogP contribution is -2.49. The number of hydrogen-bond acceptors (Lipinski definition) is 5. The predicted molar refractivity (Wildman–Crippen MR) is 140 cm³/mol. The Bertz CT molecular complexity index is 1330. The topological polar surface area (TPSA) is 92.8 Å². The van der Waals surface area contributed by atoms with Crippen LogP contribution in [-0.2, 0) is 23.9 Å². The van der Waals surface area contributed by atoms with E-state index in [9.17, 15) is 19.2 Å². The molecule has 1 N–H and O–H groups in total. The van der Waals surface area contributed by atoms with Crippen molar-refractivity contribution in [2.75, 3.05) is 11.9 Å². The third-order valence-electron chi connectivity index (χ3n) is 8.04. The Balaban J connectivity index is 1.28. The third kappa shape index (κ3) is 3.64. The van der Waals surface area contributed by atoms with E-state index < -0.39 is 42.3 Å². The summed E-state index contributed by atoms with van der Waals surface area (Å²) in [4.78, 5) is 54.8. The summed E-state index contributed by atoms with van der Waals surface area (Å²) in [7, 11) is 0. The van der Waals surface area contributed by atoms with Crippen LogP contribution in [0.25, 0.3) is 0 Å². The van der Waals surface area contributed by atoms with Gasteiger partial charge in [-0.1, -0.05) is 80.6 Å². The fraction of sp³-hybridized carbons (Fsp3) is 0.290. The molecule has 2 bridgehead atoms. The number of benzene rings is 3. The third-order valence-corrected chi connectivity index (χ3v) is 8.04. The van der Waals surface area contributed by atoms with Crippen LogP contribution in [0.5, 0.6) is 0 Å². The van der Waals surface area contributed by atoms with E-state index in [0.29, 0.717) is 5.69 Å². The second kappa shape index (κ2) is 9.24. The predicted octanol–water partition coefficient (Wildman–Crippen LogP) is 4.09. The number of carbonyl (C=O) groups excluding carboxylic acids is 4. The van der Waals surface area contributed by atoms with Crippen LogP contribution in [0.15, 0.2) is 78.9 Å². The van der Waals surface area contributed by atoms with Crippen molar-refractivity contribution in [1.29, 1.82) is 0 Å². The first-order valence-corrected chi connectivity index (χ1v) is 12.9. The van der Waals surface area contributed by atoms with Crippen molar-refractivity contribution < 1.29 is 23.9 Å². The van der Waals surface area contributed by atoms with Crippen molar-refractivity contribution in [3.63, 3.8) is 0 Å². The van der Waals surface area contributed by atoms with Crippen molar-refractivity contribution in [3.8, 4) is 0 Å². The van der Waals surface area contributed by atoms with E-state index in [-0.39, 0.29) is 23.7 Å². The smallest absolute Gasteiger partial charge is 0.330 e. The molecular formula is C31H28N2O5. The lowest BCUT2D eigenvalue weighted by molar-refractivity contribution is -0.162. The van der Waals surface area contributed by atoms with Gasteiger partial charge in [0.05, 0.1) is 11.8 Å². The monoisotopic (exact) mass is 508 g/mol. The van der Waals surface area contributed by atoms with Crippen LogP contribution in [0, 0.1) is 17.8 Å². The Kier molecular flexibility index (Phi) is 5.86. The molecule has 7 heteroatoms. The van der Waals surface area contributed by atoms with Gasteiger partial charge in [-0.05, 0) is 40.3 Å². The maximum absolute atomic E-state index is 14.0. The molecule has 3 aromatic carbocycles. The minimum Gasteiger partial charge on any atom is -0.454 e. The number of nitrogens with one attached hydrogen (secondary N) is 1. The lowest BCUT2D eigenvalue weighted by Gasteiger charge is -2.45. The fourth-order valence-corrected chi connectivity index (χ4v) is 6.59. The van der Waals surface area contributed by atoms with E-state index in [1.807, 2.05) is 54.6 Å². The Morgan fingerprint density at radius 2 is 1.21 bits per heavy atom. The molecule has 3 aliphatic carbocycles. The van der Waals surface area contributed by atoms with E-state index in [0.717, 1.165) is 27.2 Å². The summed E-state index contributed by atoms with van der Waals surface area (Å²) < 4.78 is 5.36. The van der Waals surface area contributed by atoms with E-state index >= 15 is 0 Å². The summed E-state index contributed by atoms with van der Waals surface area (Å²) in [6.07, 6.45) is 0. The molecule has 1 heterocycles. The number of nitrogens with zero attached hydrogens (tertiary/aromatic N) is 1. The SMILES string of the molecule is CC(C)[C@H](C(=O)OCC(=O)Nc1ccccc1)N1C(=O)[C@H]2C3c4ccccc4C(c4ccccc43)[C@@H]2C1=O. The molecule has 1 aliphatic heterocycles. The van der Waals surface area contributed by atoms with Crippen LogP contribution in [0.3, 0.4) is 0 Å². The largest absolute Gasteiger partial charge is 0.454 e. The molecule has 7 nitrogen and oxygen atoms in total. The zero-order valence-corrected chi connectivity index (χ0v) is 21.2. The number of esters is 1. The molecule has 1 fully saturated rings. The molecule has 3 aromatic rings. The first-order valence-electron chi connectivity index (χ1n) is 12.9. The maximum Gasteiger partial charge on any atom is 0.330 e. The molecule has 38 heavy (non-hydrogen) atoms. The van der Waals surface area contributed by atoms with Crippen molar-refractivity contribution in [1.82, 2.24) is 4.90 Å². The molecule has 0 spiro atoms. The second-order valence-corrected chi connectivity index (χ2v) is 10.5. The standard InChI is InChI=1S/C31H28N2O5/c1-17(2)28(31(37)38-16-23(34)32-18-10-4-3-5-11-18)33-29(35)26-24-19-12-6-7-13-20(19)25(27(26)30(33)36)22-15-9-8-14-21(22)24/h3-15,17,24-28H,16H2,1-2H3,(H,32,34)/t24?,25?,26-,27-,28+/m0/s1. The van der Waals surface area contributed by atoms with Gasteiger partial charge in [-0.25, -0.2) is 4.79 Å². The van der Waals surface area contributed by atoms with Crippen molar-refractivity contribution in [3.05, 3.63) is 101 Å². The summed E-state index contributed by atoms with van der Waals surface area (Å²) in [6.45, 7) is 3.04. The van der Waals surface area contributed by atoms with Gasteiger partial charge in [0.1, 0.15) is 6.04 Å². The number of amides is 3. The average Bonchev–Trinajstić information content (AvgIpc) is 3.18. The number of hydrogen-bond donors (Lipinski definition) is 1. The molecule has 3 atom stereocenters. The van der Waals surface area contributed by atoms with Crippen molar-refractivity contribution >= 4 is 29.4 Å². The molecule has 0 unspecified atom stereocenters. The zero-order valence-electron chi connectivity index (χ0n) is 21.2. The van der Waals surface area contributed by atoms with Crippen LogP contribution >= 0.6 is 0 Å². The van der Waals surface area contributed by atoms with E-state index in [1.165, 1.54) is 0 Å². The summed E-state index contributed by atoms with van der Waals surface area (Å²) in [5.74, 6) is -3.99. The van der Waals surface area contributed by atoms with Gasteiger partial charge in [0.2, 0.25) is 11.8 Å². The van der Waals surface area contributed by atoms with Gasteiger partial charge in [0.25, 0.3) is 5.91 Å². The summed E-state index contributed by atoms with van der Waals surface area (Å²) in [5, 5.41) is 2.67. The molecular weight excluding hydrogens is 480 g/mol. The van der Waals surface area contributed by atoms with Gasteiger partial charge in [-0.2, -0.15) is 0 Å². The number of ether oxygens (including phenoxy) is 1. The molecule has 7 rings (SSSR count). The molecule has 192 valence electrons. The summed E-state index contributed by atoms with van der Waals surface area (Å²) in [5.41, 5.74) is 4.87. The Labute approximate surface area is 220 Å². The first-order chi connectivity index (χ1) is 18.4. The van der Waals surface area contributed by atoms with Crippen molar-refractivity contribution in [2.24, 2.45) is 17.8 Å². The quantitative estimate of drug-likeness (QED) is 0.400.